The zero-order valence-electron chi connectivity index (χ0n) is 38.1. The molecule has 2 heterocycles. The van der Waals surface area contributed by atoms with E-state index in [0.717, 1.165) is 30.5 Å². The molecule has 0 radical (unpaired) electrons. The maximum absolute atomic E-state index is 13.9. The van der Waals surface area contributed by atoms with Gasteiger partial charge in [0, 0.05) is 38.9 Å². The van der Waals surface area contributed by atoms with E-state index in [0.29, 0.717) is 33.9 Å². The number of amides is 1. The molecule has 1 unspecified atom stereocenters. The van der Waals surface area contributed by atoms with E-state index >= 15 is 0 Å². The number of rotatable bonds is 17. The maximum atomic E-state index is 13.9. The highest BCUT2D eigenvalue weighted by Gasteiger charge is 2.52. The van der Waals surface area contributed by atoms with Crippen LogP contribution in [-0.4, -0.2) is 79.3 Å². The van der Waals surface area contributed by atoms with Crippen LogP contribution >= 0.6 is 0 Å². The second kappa shape index (κ2) is 22.0. The Morgan fingerprint density at radius 2 is 1.35 bits per heavy atom. The molecule has 16 heteroatoms. The fraction of sp³-hybridized carbons (Fsp3) is 0.327. The van der Waals surface area contributed by atoms with Crippen molar-refractivity contribution in [1.29, 1.82) is 0 Å². The first-order chi connectivity index (χ1) is 32.7. The summed E-state index contributed by atoms with van der Waals surface area (Å²) in [6.07, 6.45) is -8.02. The van der Waals surface area contributed by atoms with Crippen molar-refractivity contribution in [1.82, 2.24) is 0 Å². The van der Waals surface area contributed by atoms with Gasteiger partial charge in [0.2, 0.25) is 0 Å². The zero-order valence-corrected chi connectivity index (χ0v) is 38.1. The minimum Gasteiger partial charge on any atom is -0.497 e. The Balaban J connectivity index is 1.26. The number of ether oxygens (including phenoxy) is 8. The molecule has 8 atom stereocenters. The topological polar surface area (TPSA) is 183 Å². The highest BCUT2D eigenvalue weighted by Crippen LogP contribution is 2.45. The summed E-state index contributed by atoms with van der Waals surface area (Å²) in [6.45, 7) is 4.51. The summed E-state index contributed by atoms with van der Waals surface area (Å²) in [6, 6.07) is 34.2. The Labute approximate surface area is 392 Å². The minimum absolute atomic E-state index is 0.178. The van der Waals surface area contributed by atoms with Crippen LogP contribution in [0.5, 0.6) is 11.5 Å². The third-order valence-corrected chi connectivity index (χ3v) is 11.5. The number of carbonyl (C=O) groups is 5. The summed E-state index contributed by atoms with van der Waals surface area (Å²) in [5.74, 6) is -2.21. The molecule has 7 rings (SSSR count). The summed E-state index contributed by atoms with van der Waals surface area (Å²) >= 11 is 0. The van der Waals surface area contributed by atoms with Gasteiger partial charge in [0.1, 0.15) is 54.9 Å². The Kier molecular flexibility index (Phi) is 15.7. The number of esters is 4. The molecular formula is C52H52FNO14. The van der Waals surface area contributed by atoms with E-state index in [1.54, 1.807) is 48.4 Å². The van der Waals surface area contributed by atoms with Gasteiger partial charge in [0.25, 0.3) is 0 Å². The third-order valence-electron chi connectivity index (χ3n) is 11.5. The van der Waals surface area contributed by atoms with Crippen molar-refractivity contribution < 1.29 is 71.4 Å². The number of hydrogen-bond donors (Lipinski definition) is 1. The van der Waals surface area contributed by atoms with Crippen LogP contribution < -0.4 is 14.4 Å². The molecule has 2 aliphatic heterocycles. The molecule has 2 aliphatic rings. The number of hydrogen-bond acceptors (Lipinski definition) is 14. The highest BCUT2D eigenvalue weighted by atomic mass is 19.1. The third kappa shape index (κ3) is 11.8. The monoisotopic (exact) mass is 933 g/mol. The minimum atomic E-state index is -1.34. The standard InChI is InChI=1S/C52H52FNO14/c1-30(55)62-29-46-49(64-31(2)56)51(66-33(4)58)50(65-32(3)57)48(67-46)37-13-11-35(12-14-37)38-17-24-42(45(27-38)63-28-34-9-7-6-8-10-34)47-44(26-25-43(59)36-15-18-39(53)19-16-36)68-52(60)54(47)40-20-22-41(61-5)23-21-40/h6-24,27,43-44,46-51,59H,25-26,28-29H2,1-5H3/t43-,44+,46+,47+,48?,49+,50-,51-/m0/s1. The average Bonchev–Trinajstić information content (AvgIpc) is 3.65. The van der Waals surface area contributed by atoms with Gasteiger partial charge in [0.05, 0.1) is 13.2 Å². The van der Waals surface area contributed by atoms with Crippen molar-refractivity contribution in [3.8, 4) is 22.6 Å². The lowest BCUT2D eigenvalue weighted by molar-refractivity contribution is -0.254. The lowest BCUT2D eigenvalue weighted by Gasteiger charge is -2.44. The second-order valence-electron chi connectivity index (χ2n) is 16.3. The summed E-state index contributed by atoms with van der Waals surface area (Å²) in [7, 11) is 1.55. The summed E-state index contributed by atoms with van der Waals surface area (Å²) in [4.78, 5) is 64.6. The largest absolute Gasteiger partial charge is 0.497 e. The summed E-state index contributed by atoms with van der Waals surface area (Å²) in [5, 5.41) is 11.2. The Hall–Kier alpha value is -7.30. The van der Waals surface area contributed by atoms with Crippen LogP contribution in [0, 0.1) is 5.82 Å². The van der Waals surface area contributed by atoms with Crippen LogP contribution in [0.1, 0.15) is 81.0 Å². The number of halogens is 1. The Bertz CT molecular complexity index is 2550. The van der Waals surface area contributed by atoms with Crippen LogP contribution in [0.2, 0.25) is 0 Å². The molecular weight excluding hydrogens is 882 g/mol. The van der Waals surface area contributed by atoms with E-state index in [-0.39, 0.29) is 26.1 Å². The lowest BCUT2D eigenvalue weighted by atomic mass is 9.89. The molecule has 68 heavy (non-hydrogen) atoms. The van der Waals surface area contributed by atoms with Crippen LogP contribution in [0.4, 0.5) is 14.9 Å². The first-order valence-electron chi connectivity index (χ1n) is 22.0. The highest BCUT2D eigenvalue weighted by molar-refractivity contribution is 5.91. The van der Waals surface area contributed by atoms with Crippen molar-refractivity contribution in [3.05, 3.63) is 149 Å². The molecule has 2 fully saturated rings. The quantitative estimate of drug-likeness (QED) is 0.0692. The van der Waals surface area contributed by atoms with Crippen LogP contribution in [0.25, 0.3) is 11.1 Å². The maximum Gasteiger partial charge on any atom is 0.415 e. The Morgan fingerprint density at radius 3 is 1.99 bits per heavy atom. The molecule has 1 N–H and O–H groups in total. The van der Waals surface area contributed by atoms with E-state index in [9.17, 15) is 33.5 Å². The lowest BCUT2D eigenvalue weighted by Crippen LogP contribution is -2.59. The van der Waals surface area contributed by atoms with Gasteiger partial charge in [-0.05, 0) is 83.1 Å². The average molecular weight is 934 g/mol. The molecule has 0 aromatic heterocycles. The molecule has 0 aliphatic carbocycles. The number of aliphatic hydroxyl groups is 1. The molecule has 0 bridgehead atoms. The second-order valence-corrected chi connectivity index (χ2v) is 16.3. The normalized spacial score (nSPS) is 21.5. The first kappa shape index (κ1) is 48.6. The number of cyclic esters (lactones) is 1. The number of benzene rings is 5. The van der Waals surface area contributed by atoms with E-state index in [4.69, 9.17) is 37.9 Å². The smallest absolute Gasteiger partial charge is 0.415 e. The first-order valence-corrected chi connectivity index (χ1v) is 22.0. The van der Waals surface area contributed by atoms with Crippen LogP contribution in [0.15, 0.2) is 121 Å². The number of nitrogens with zero attached hydrogens (tertiary/aromatic N) is 1. The van der Waals surface area contributed by atoms with Crippen molar-refractivity contribution in [2.75, 3.05) is 18.6 Å². The van der Waals surface area contributed by atoms with E-state index in [2.05, 4.69) is 0 Å². The van der Waals surface area contributed by atoms with Crippen molar-refractivity contribution in [2.45, 2.75) is 95.9 Å². The van der Waals surface area contributed by atoms with Gasteiger partial charge in [-0.15, -0.1) is 0 Å². The summed E-state index contributed by atoms with van der Waals surface area (Å²) in [5.41, 5.74) is 4.51. The SMILES string of the molecule is COc1ccc(N2C(=O)O[C@H](CC[C@H](O)c3ccc(F)cc3)[C@H]2c2ccc(-c3ccc(C4O[C@H](COC(C)=O)[C@@H](OC(C)=O)[C@H](OC(C)=O)[C@H]4OC(C)=O)cc3)cc2OCc2ccccc2)cc1. The molecule has 5 aromatic carbocycles. The van der Waals surface area contributed by atoms with Gasteiger partial charge in [-0.25, -0.2) is 9.18 Å². The number of aliphatic hydroxyl groups excluding tert-OH is 1. The number of carbonyl (C=O) groups excluding carboxylic acids is 5. The van der Waals surface area contributed by atoms with Crippen molar-refractivity contribution in [2.24, 2.45) is 0 Å². The fourth-order valence-electron chi connectivity index (χ4n) is 8.45. The number of anilines is 1. The van der Waals surface area contributed by atoms with Gasteiger partial charge in [-0.2, -0.15) is 0 Å². The zero-order chi connectivity index (χ0) is 48.5. The van der Waals surface area contributed by atoms with E-state index < -0.39 is 84.6 Å². The molecule has 15 nitrogen and oxygen atoms in total. The summed E-state index contributed by atoms with van der Waals surface area (Å²) < 4.78 is 60.4. The molecule has 0 spiro atoms. The van der Waals surface area contributed by atoms with Gasteiger partial charge in [-0.1, -0.05) is 78.9 Å². The Morgan fingerprint density at radius 1 is 0.721 bits per heavy atom. The molecule has 5 aromatic rings. The molecule has 1 amide bonds. The van der Waals surface area contributed by atoms with Gasteiger partial charge >= 0.3 is 30.0 Å². The molecule has 2 saturated heterocycles. The van der Waals surface area contributed by atoms with E-state index in [1.807, 2.05) is 60.7 Å². The fourth-order valence-corrected chi connectivity index (χ4v) is 8.45. The van der Waals surface area contributed by atoms with Gasteiger partial charge in [0.15, 0.2) is 18.3 Å². The predicted octanol–water partition coefficient (Wildman–Crippen LogP) is 8.46. The van der Waals surface area contributed by atoms with Crippen molar-refractivity contribution >= 4 is 35.7 Å². The molecule has 356 valence electrons. The van der Waals surface area contributed by atoms with Gasteiger partial charge < -0.3 is 43.0 Å². The van der Waals surface area contributed by atoms with Crippen LogP contribution in [0.3, 0.4) is 0 Å². The van der Waals surface area contributed by atoms with Crippen molar-refractivity contribution in [3.63, 3.8) is 0 Å². The number of methoxy groups -OCH3 is 1. The van der Waals surface area contributed by atoms with Gasteiger partial charge in [-0.3, -0.25) is 24.1 Å². The van der Waals surface area contributed by atoms with Crippen LogP contribution in [-0.2, 0) is 54.2 Å². The molecule has 0 saturated carbocycles. The van der Waals surface area contributed by atoms with E-state index in [1.165, 1.54) is 38.1 Å². The predicted molar refractivity (Wildman–Crippen MR) is 243 cm³/mol.